The maximum atomic E-state index is 11.7. The first-order valence-corrected chi connectivity index (χ1v) is 7.46. The number of nitrogens with zero attached hydrogens (tertiary/aromatic N) is 1. The average molecular weight is 349 g/mol. The molecule has 0 aliphatic heterocycles. The number of hydrogen-bond donors (Lipinski definition) is 2. The molecule has 1 amide bonds. The highest BCUT2D eigenvalue weighted by Crippen LogP contribution is 2.27. The molecule has 24 heavy (non-hydrogen) atoms. The summed E-state index contributed by atoms with van der Waals surface area (Å²) in [6, 6.07) is 10.1. The number of carbonyl (C=O) groups excluding carboxylic acids is 1. The van der Waals surface area contributed by atoms with Crippen LogP contribution in [-0.2, 0) is 4.79 Å². The van der Waals surface area contributed by atoms with Gasteiger partial charge in [0, 0.05) is 10.6 Å². The molecule has 0 spiro atoms. The number of aromatic hydroxyl groups is 1. The molecule has 6 nitrogen and oxygen atoms in total. The Bertz CT molecular complexity index is 762. The van der Waals surface area contributed by atoms with E-state index in [1.54, 1.807) is 36.4 Å². The third-order valence-corrected chi connectivity index (χ3v) is 3.57. The second-order valence-corrected chi connectivity index (χ2v) is 5.30. The molecule has 2 aromatic rings. The van der Waals surface area contributed by atoms with Gasteiger partial charge in [0.05, 0.1) is 13.3 Å². The topological polar surface area (TPSA) is 80.2 Å². The summed E-state index contributed by atoms with van der Waals surface area (Å²) in [6.07, 6.45) is 1.32. The van der Waals surface area contributed by atoms with Crippen LogP contribution in [0.1, 0.15) is 11.1 Å². The fourth-order valence-electron chi connectivity index (χ4n) is 1.87. The van der Waals surface area contributed by atoms with Gasteiger partial charge in [0.2, 0.25) is 0 Å². The van der Waals surface area contributed by atoms with E-state index in [1.165, 1.54) is 13.3 Å². The minimum atomic E-state index is -0.429. The maximum absolute atomic E-state index is 11.7. The van der Waals surface area contributed by atoms with E-state index in [-0.39, 0.29) is 12.4 Å². The van der Waals surface area contributed by atoms with Crippen LogP contribution in [-0.4, -0.2) is 30.9 Å². The Balaban J connectivity index is 1.88. The van der Waals surface area contributed by atoms with E-state index in [0.29, 0.717) is 22.1 Å². The van der Waals surface area contributed by atoms with E-state index in [1.807, 2.05) is 6.92 Å². The van der Waals surface area contributed by atoms with E-state index in [4.69, 9.17) is 21.1 Å². The highest BCUT2D eigenvalue weighted by atomic mass is 35.5. The van der Waals surface area contributed by atoms with Gasteiger partial charge in [0.25, 0.3) is 5.91 Å². The normalized spacial score (nSPS) is 10.6. The second kappa shape index (κ2) is 8.21. The zero-order chi connectivity index (χ0) is 17.5. The van der Waals surface area contributed by atoms with Crippen molar-refractivity contribution >= 4 is 23.7 Å². The predicted molar refractivity (Wildman–Crippen MR) is 92.1 cm³/mol. The van der Waals surface area contributed by atoms with Crippen LogP contribution >= 0.6 is 11.6 Å². The van der Waals surface area contributed by atoms with Crippen molar-refractivity contribution in [2.24, 2.45) is 5.10 Å². The first-order chi connectivity index (χ1) is 11.5. The number of carbonyl (C=O) groups is 1. The third kappa shape index (κ3) is 4.63. The number of para-hydroxylation sites is 1. The predicted octanol–water partition coefficient (Wildman–Crippen LogP) is 2.89. The first kappa shape index (κ1) is 17.6. The molecule has 0 atom stereocenters. The lowest BCUT2D eigenvalue weighted by Gasteiger charge is -2.07. The highest BCUT2D eigenvalue weighted by Gasteiger charge is 2.06. The molecule has 0 aromatic heterocycles. The monoisotopic (exact) mass is 348 g/mol. The summed E-state index contributed by atoms with van der Waals surface area (Å²) in [5, 5.41) is 14.3. The van der Waals surface area contributed by atoms with Gasteiger partial charge in [-0.25, -0.2) is 5.43 Å². The van der Waals surface area contributed by atoms with Gasteiger partial charge < -0.3 is 14.6 Å². The summed E-state index contributed by atoms with van der Waals surface area (Å²) < 4.78 is 10.3. The van der Waals surface area contributed by atoms with Gasteiger partial charge in [-0.2, -0.15) is 5.10 Å². The average Bonchev–Trinajstić information content (AvgIpc) is 2.57. The molecule has 0 radical (unpaired) electrons. The summed E-state index contributed by atoms with van der Waals surface area (Å²) in [4.78, 5) is 11.7. The molecule has 0 unspecified atom stereocenters. The van der Waals surface area contributed by atoms with Crippen LogP contribution in [0.5, 0.6) is 17.2 Å². The standard InChI is InChI=1S/C17H17ClN2O4/c1-11-8-13(6-7-14(11)18)24-10-16(21)20-19-9-12-4-3-5-15(23-2)17(12)22/h3-9,22H,10H2,1-2H3,(H,20,21). The van der Waals surface area contributed by atoms with Crippen molar-refractivity contribution in [3.05, 3.63) is 52.5 Å². The Kier molecular flexibility index (Phi) is 6.03. The lowest BCUT2D eigenvalue weighted by atomic mass is 10.2. The zero-order valence-electron chi connectivity index (χ0n) is 13.2. The minimum Gasteiger partial charge on any atom is -0.504 e. The summed E-state index contributed by atoms with van der Waals surface area (Å²) in [5.41, 5.74) is 3.60. The van der Waals surface area contributed by atoms with E-state index >= 15 is 0 Å². The molecule has 0 bridgehead atoms. The number of ether oxygens (including phenoxy) is 2. The zero-order valence-corrected chi connectivity index (χ0v) is 14.0. The molecule has 0 heterocycles. The third-order valence-electron chi connectivity index (χ3n) is 3.14. The summed E-state index contributed by atoms with van der Waals surface area (Å²) in [7, 11) is 1.45. The van der Waals surface area contributed by atoms with Crippen molar-refractivity contribution in [2.45, 2.75) is 6.92 Å². The lowest BCUT2D eigenvalue weighted by molar-refractivity contribution is -0.123. The molecule has 2 rings (SSSR count). The molecule has 0 saturated carbocycles. The summed E-state index contributed by atoms with van der Waals surface area (Å²) in [6.45, 7) is 1.66. The van der Waals surface area contributed by atoms with Crippen molar-refractivity contribution in [1.82, 2.24) is 5.43 Å². The van der Waals surface area contributed by atoms with Gasteiger partial charge in [-0.05, 0) is 42.8 Å². The second-order valence-electron chi connectivity index (χ2n) is 4.89. The van der Waals surface area contributed by atoms with Crippen LogP contribution in [0.4, 0.5) is 0 Å². The Morgan fingerprint density at radius 1 is 1.38 bits per heavy atom. The van der Waals surface area contributed by atoms with E-state index in [0.717, 1.165) is 5.56 Å². The molecule has 2 N–H and O–H groups in total. The maximum Gasteiger partial charge on any atom is 0.277 e. The molecule has 0 saturated heterocycles. The number of amides is 1. The number of phenols is 1. The molecule has 2 aromatic carbocycles. The molecular formula is C17H17ClN2O4. The van der Waals surface area contributed by atoms with Crippen molar-refractivity contribution < 1.29 is 19.4 Å². The number of nitrogens with one attached hydrogen (secondary N) is 1. The summed E-state index contributed by atoms with van der Waals surface area (Å²) in [5.74, 6) is 0.389. The lowest BCUT2D eigenvalue weighted by Crippen LogP contribution is -2.24. The number of methoxy groups -OCH3 is 1. The fourth-order valence-corrected chi connectivity index (χ4v) is 1.99. The van der Waals surface area contributed by atoms with Gasteiger partial charge in [-0.15, -0.1) is 0 Å². The number of benzene rings is 2. The van der Waals surface area contributed by atoms with Crippen LogP contribution in [0.3, 0.4) is 0 Å². The van der Waals surface area contributed by atoms with Gasteiger partial charge in [-0.1, -0.05) is 17.7 Å². The number of aryl methyl sites for hydroxylation is 1. The van der Waals surface area contributed by atoms with Crippen LogP contribution in [0.25, 0.3) is 0 Å². The number of hydrogen-bond acceptors (Lipinski definition) is 5. The molecule has 0 fully saturated rings. The van der Waals surface area contributed by atoms with Crippen LogP contribution in [0, 0.1) is 6.92 Å². The molecule has 0 aliphatic carbocycles. The van der Waals surface area contributed by atoms with Crippen molar-refractivity contribution in [3.63, 3.8) is 0 Å². The Morgan fingerprint density at radius 3 is 2.88 bits per heavy atom. The van der Waals surface area contributed by atoms with E-state index < -0.39 is 5.91 Å². The van der Waals surface area contributed by atoms with Gasteiger partial charge >= 0.3 is 0 Å². The fraction of sp³-hybridized carbons (Fsp3) is 0.176. The van der Waals surface area contributed by atoms with E-state index in [2.05, 4.69) is 10.5 Å². The SMILES string of the molecule is COc1cccc(C=NNC(=O)COc2ccc(Cl)c(C)c2)c1O. The molecular weight excluding hydrogens is 332 g/mol. The largest absolute Gasteiger partial charge is 0.504 e. The van der Waals surface area contributed by atoms with Crippen LogP contribution in [0.2, 0.25) is 5.02 Å². The molecule has 0 aliphatic rings. The minimum absolute atomic E-state index is 0.0501. The van der Waals surface area contributed by atoms with Crippen LogP contribution in [0.15, 0.2) is 41.5 Å². The van der Waals surface area contributed by atoms with Gasteiger partial charge in [0.1, 0.15) is 5.75 Å². The Labute approximate surface area is 144 Å². The Morgan fingerprint density at radius 2 is 2.17 bits per heavy atom. The Hall–Kier alpha value is -2.73. The van der Waals surface area contributed by atoms with Crippen LogP contribution < -0.4 is 14.9 Å². The van der Waals surface area contributed by atoms with E-state index in [9.17, 15) is 9.90 Å². The molecule has 7 heteroatoms. The van der Waals surface area contributed by atoms with Crippen molar-refractivity contribution in [1.29, 1.82) is 0 Å². The van der Waals surface area contributed by atoms with Crippen molar-refractivity contribution in [3.8, 4) is 17.2 Å². The van der Waals surface area contributed by atoms with Gasteiger partial charge in [0.15, 0.2) is 18.1 Å². The first-order valence-electron chi connectivity index (χ1n) is 7.08. The number of hydrazone groups is 1. The number of phenolic OH excluding ortho intramolecular Hbond substituents is 1. The molecule has 126 valence electrons. The number of rotatable bonds is 6. The smallest absolute Gasteiger partial charge is 0.277 e. The van der Waals surface area contributed by atoms with Crippen molar-refractivity contribution in [2.75, 3.05) is 13.7 Å². The summed E-state index contributed by atoms with van der Waals surface area (Å²) >= 11 is 5.92. The van der Waals surface area contributed by atoms with Gasteiger partial charge in [-0.3, -0.25) is 4.79 Å². The highest BCUT2D eigenvalue weighted by molar-refractivity contribution is 6.31. The number of halogens is 1. The quantitative estimate of drug-likeness (QED) is 0.621.